The molecule has 1 atom stereocenters. The fraction of sp³-hybridized carbons (Fsp3) is 0.167. The average Bonchev–Trinajstić information content (AvgIpc) is 2.80. The van der Waals surface area contributed by atoms with E-state index in [1.54, 1.807) is 45.4 Å². The standard InChI is InChI=1S/C24H25N3O4/c1-16(17-9-14-21(30-2)22(15-17)31-3)25-23(28)24(29)27-20-12-10-19(11-13-20)26-18-7-5-4-6-8-18/h4-16,26H,1-3H3,(H,25,28)(H,27,29). The van der Waals surface area contributed by atoms with E-state index in [0.717, 1.165) is 16.9 Å². The molecule has 0 saturated carbocycles. The minimum absolute atomic E-state index is 0.393. The molecule has 0 heterocycles. The number of rotatable bonds is 7. The van der Waals surface area contributed by atoms with E-state index < -0.39 is 17.9 Å². The van der Waals surface area contributed by atoms with Gasteiger partial charge in [0.15, 0.2) is 11.5 Å². The highest BCUT2D eigenvalue weighted by atomic mass is 16.5. The summed E-state index contributed by atoms with van der Waals surface area (Å²) in [6.07, 6.45) is 0. The quantitative estimate of drug-likeness (QED) is 0.498. The second-order valence-corrected chi connectivity index (χ2v) is 6.83. The third-order valence-electron chi connectivity index (χ3n) is 4.67. The Labute approximate surface area is 181 Å². The molecular weight excluding hydrogens is 394 g/mol. The molecule has 2 amide bonds. The summed E-state index contributed by atoms with van der Waals surface area (Å²) >= 11 is 0. The number of ether oxygens (including phenoxy) is 2. The molecule has 3 aromatic rings. The van der Waals surface area contributed by atoms with E-state index >= 15 is 0 Å². The maximum absolute atomic E-state index is 12.3. The number of benzene rings is 3. The Hall–Kier alpha value is -4.00. The molecule has 0 aromatic heterocycles. The van der Waals surface area contributed by atoms with Crippen LogP contribution in [0.1, 0.15) is 18.5 Å². The lowest BCUT2D eigenvalue weighted by molar-refractivity contribution is -0.136. The van der Waals surface area contributed by atoms with Crippen molar-refractivity contribution in [3.63, 3.8) is 0 Å². The lowest BCUT2D eigenvalue weighted by Gasteiger charge is -2.16. The highest BCUT2D eigenvalue weighted by Gasteiger charge is 2.18. The predicted octanol–water partition coefficient (Wildman–Crippen LogP) is 4.26. The first-order chi connectivity index (χ1) is 15.0. The molecule has 0 spiro atoms. The first-order valence-corrected chi connectivity index (χ1v) is 9.76. The molecule has 7 heteroatoms. The maximum atomic E-state index is 12.3. The van der Waals surface area contributed by atoms with Crippen molar-refractivity contribution in [1.29, 1.82) is 0 Å². The minimum atomic E-state index is -0.740. The zero-order chi connectivity index (χ0) is 22.2. The van der Waals surface area contributed by atoms with Crippen molar-refractivity contribution < 1.29 is 19.1 Å². The van der Waals surface area contributed by atoms with E-state index in [1.165, 1.54) is 0 Å². The molecule has 3 N–H and O–H groups in total. The molecule has 0 saturated heterocycles. The molecule has 0 radical (unpaired) electrons. The van der Waals surface area contributed by atoms with Gasteiger partial charge < -0.3 is 25.4 Å². The van der Waals surface area contributed by atoms with E-state index in [1.807, 2.05) is 48.5 Å². The number of methoxy groups -OCH3 is 2. The van der Waals surface area contributed by atoms with Gasteiger partial charge in [-0.25, -0.2) is 0 Å². The number of carbonyl (C=O) groups excluding carboxylic acids is 2. The van der Waals surface area contributed by atoms with Crippen molar-refractivity contribution >= 4 is 28.9 Å². The summed E-state index contributed by atoms with van der Waals surface area (Å²) in [6, 6.07) is 21.8. The highest BCUT2D eigenvalue weighted by Crippen LogP contribution is 2.29. The van der Waals surface area contributed by atoms with Crippen LogP contribution in [0.3, 0.4) is 0 Å². The van der Waals surface area contributed by atoms with Gasteiger partial charge in [0.25, 0.3) is 0 Å². The van der Waals surface area contributed by atoms with Crippen LogP contribution in [0.2, 0.25) is 0 Å². The van der Waals surface area contributed by atoms with Crippen LogP contribution in [-0.2, 0) is 9.59 Å². The number of hydrogen-bond acceptors (Lipinski definition) is 5. The van der Waals surface area contributed by atoms with Gasteiger partial charge >= 0.3 is 11.8 Å². The van der Waals surface area contributed by atoms with E-state index in [9.17, 15) is 9.59 Å². The monoisotopic (exact) mass is 419 g/mol. The summed E-state index contributed by atoms with van der Waals surface area (Å²) in [7, 11) is 3.09. The molecule has 0 bridgehead atoms. The maximum Gasteiger partial charge on any atom is 0.313 e. The van der Waals surface area contributed by atoms with Crippen molar-refractivity contribution in [3.05, 3.63) is 78.4 Å². The first kappa shape index (κ1) is 21.7. The van der Waals surface area contributed by atoms with Crippen molar-refractivity contribution in [3.8, 4) is 11.5 Å². The van der Waals surface area contributed by atoms with Crippen molar-refractivity contribution in [2.45, 2.75) is 13.0 Å². The first-order valence-electron chi connectivity index (χ1n) is 9.76. The molecule has 0 aliphatic heterocycles. The van der Waals surface area contributed by atoms with Gasteiger partial charge in [-0.1, -0.05) is 24.3 Å². The predicted molar refractivity (Wildman–Crippen MR) is 121 cm³/mol. The molecule has 3 aromatic carbocycles. The molecule has 3 rings (SSSR count). The fourth-order valence-electron chi connectivity index (χ4n) is 2.98. The average molecular weight is 419 g/mol. The molecule has 160 valence electrons. The van der Waals surface area contributed by atoms with Gasteiger partial charge in [-0.15, -0.1) is 0 Å². The van der Waals surface area contributed by atoms with Crippen LogP contribution in [0.15, 0.2) is 72.8 Å². The van der Waals surface area contributed by atoms with Crippen LogP contribution in [0, 0.1) is 0 Å². The van der Waals surface area contributed by atoms with Crippen molar-refractivity contribution in [2.24, 2.45) is 0 Å². The second kappa shape index (κ2) is 10.2. The molecule has 0 aliphatic carbocycles. The third kappa shape index (κ3) is 5.76. The number of amides is 2. The van der Waals surface area contributed by atoms with Gasteiger partial charge in [-0.3, -0.25) is 9.59 Å². The summed E-state index contributed by atoms with van der Waals surface area (Å²) < 4.78 is 10.5. The Morgan fingerprint density at radius 2 is 1.35 bits per heavy atom. The number of hydrogen-bond donors (Lipinski definition) is 3. The summed E-state index contributed by atoms with van der Waals surface area (Å²) in [6.45, 7) is 1.79. The lowest BCUT2D eigenvalue weighted by atomic mass is 10.1. The van der Waals surface area contributed by atoms with Gasteiger partial charge in [0.2, 0.25) is 0 Å². The Morgan fingerprint density at radius 1 is 0.742 bits per heavy atom. The zero-order valence-corrected chi connectivity index (χ0v) is 17.6. The highest BCUT2D eigenvalue weighted by molar-refractivity contribution is 6.39. The fourth-order valence-corrected chi connectivity index (χ4v) is 2.98. The number of nitrogens with one attached hydrogen (secondary N) is 3. The minimum Gasteiger partial charge on any atom is -0.493 e. The summed E-state index contributed by atoms with van der Waals surface area (Å²) in [5, 5.41) is 8.55. The van der Waals surface area contributed by atoms with Crippen LogP contribution in [0.4, 0.5) is 17.1 Å². The molecule has 0 aliphatic rings. The molecular formula is C24H25N3O4. The van der Waals surface area contributed by atoms with E-state index in [0.29, 0.717) is 17.2 Å². The van der Waals surface area contributed by atoms with Crippen LogP contribution in [0.25, 0.3) is 0 Å². The van der Waals surface area contributed by atoms with Crippen LogP contribution < -0.4 is 25.4 Å². The topological polar surface area (TPSA) is 88.7 Å². The summed E-state index contributed by atoms with van der Waals surface area (Å²) in [5.41, 5.74) is 3.14. The molecule has 1 unspecified atom stereocenters. The van der Waals surface area contributed by atoms with Crippen molar-refractivity contribution in [1.82, 2.24) is 5.32 Å². The summed E-state index contributed by atoms with van der Waals surface area (Å²) in [5.74, 6) is -0.327. The van der Waals surface area contributed by atoms with Gasteiger partial charge in [0, 0.05) is 17.1 Å². The van der Waals surface area contributed by atoms with Crippen molar-refractivity contribution in [2.75, 3.05) is 24.9 Å². The Bertz CT molecular complexity index is 1040. The van der Waals surface area contributed by atoms with E-state index in [2.05, 4.69) is 16.0 Å². The Balaban J connectivity index is 1.57. The molecule has 31 heavy (non-hydrogen) atoms. The van der Waals surface area contributed by atoms with Crippen LogP contribution in [-0.4, -0.2) is 26.0 Å². The van der Waals surface area contributed by atoms with Gasteiger partial charge in [-0.2, -0.15) is 0 Å². The Morgan fingerprint density at radius 3 is 2.00 bits per heavy atom. The molecule has 7 nitrogen and oxygen atoms in total. The number of carbonyl (C=O) groups is 2. The SMILES string of the molecule is COc1ccc(C(C)NC(=O)C(=O)Nc2ccc(Nc3ccccc3)cc2)cc1OC. The molecule has 0 fully saturated rings. The van der Waals surface area contributed by atoms with Crippen LogP contribution >= 0.6 is 0 Å². The largest absolute Gasteiger partial charge is 0.493 e. The number of anilines is 3. The van der Waals surface area contributed by atoms with Gasteiger partial charge in [-0.05, 0) is 61.0 Å². The van der Waals surface area contributed by atoms with Crippen LogP contribution in [0.5, 0.6) is 11.5 Å². The lowest BCUT2D eigenvalue weighted by Crippen LogP contribution is -2.36. The number of para-hydroxylation sites is 1. The smallest absolute Gasteiger partial charge is 0.313 e. The second-order valence-electron chi connectivity index (χ2n) is 6.83. The Kier molecular flexibility index (Phi) is 7.11. The van der Waals surface area contributed by atoms with E-state index in [-0.39, 0.29) is 0 Å². The van der Waals surface area contributed by atoms with E-state index in [4.69, 9.17) is 9.47 Å². The third-order valence-corrected chi connectivity index (χ3v) is 4.67. The normalized spacial score (nSPS) is 11.2. The summed E-state index contributed by atoms with van der Waals surface area (Å²) in [4.78, 5) is 24.6. The van der Waals surface area contributed by atoms with Gasteiger partial charge in [0.1, 0.15) is 0 Å². The van der Waals surface area contributed by atoms with Gasteiger partial charge in [0.05, 0.1) is 20.3 Å². The zero-order valence-electron chi connectivity index (χ0n) is 17.6.